The number of likely N-dealkylation sites (tertiary alicyclic amines) is 1. The molecule has 0 N–H and O–H groups in total. The molecule has 0 saturated carbocycles. The smallest absolute Gasteiger partial charge is 0.177 e. The molecular weight excluding hydrogens is 262 g/mol. The highest BCUT2D eigenvalue weighted by Gasteiger charge is 2.27. The highest BCUT2D eigenvalue weighted by Crippen LogP contribution is 2.20. The number of piperidine rings is 1. The third-order valence-corrected chi connectivity index (χ3v) is 4.42. The molecule has 3 heteroatoms. The predicted octanol–water partition coefficient (Wildman–Crippen LogP) is 3.10. The molecule has 1 atom stereocenters. The van der Waals surface area contributed by atoms with E-state index >= 15 is 0 Å². The number of hydrogen-bond acceptors (Lipinski definition) is 3. The number of nitrogens with zero attached hydrogens (tertiary/aromatic N) is 1. The van der Waals surface area contributed by atoms with Crippen molar-refractivity contribution in [2.45, 2.75) is 40.5 Å². The van der Waals surface area contributed by atoms with Crippen molar-refractivity contribution < 1.29 is 9.59 Å². The van der Waals surface area contributed by atoms with Gasteiger partial charge in [0.2, 0.25) is 0 Å². The van der Waals surface area contributed by atoms with Gasteiger partial charge in [0.05, 0.1) is 6.54 Å². The fourth-order valence-electron chi connectivity index (χ4n) is 3.38. The molecule has 1 aromatic rings. The highest BCUT2D eigenvalue weighted by molar-refractivity contribution is 6.00. The van der Waals surface area contributed by atoms with Crippen molar-refractivity contribution in [1.29, 1.82) is 0 Å². The third-order valence-electron chi connectivity index (χ3n) is 4.42. The Morgan fingerprint density at radius 3 is 2.43 bits per heavy atom. The second kappa shape index (κ2) is 6.52. The first-order valence-corrected chi connectivity index (χ1v) is 7.78. The van der Waals surface area contributed by atoms with Gasteiger partial charge >= 0.3 is 0 Å². The number of hydrogen-bond donors (Lipinski definition) is 0. The van der Waals surface area contributed by atoms with Gasteiger partial charge in [-0.15, -0.1) is 0 Å². The lowest BCUT2D eigenvalue weighted by atomic mass is 9.92. The van der Waals surface area contributed by atoms with E-state index in [2.05, 4.69) is 24.0 Å². The topological polar surface area (TPSA) is 37.4 Å². The number of Topliss-reactive ketones (excluding diaryl/α,β-unsaturated/α-hetero) is 2. The molecule has 0 aromatic heterocycles. The van der Waals surface area contributed by atoms with Crippen molar-refractivity contribution >= 4 is 11.6 Å². The summed E-state index contributed by atoms with van der Waals surface area (Å²) in [4.78, 5) is 26.5. The third kappa shape index (κ3) is 3.59. The van der Waals surface area contributed by atoms with Crippen molar-refractivity contribution in [2.75, 3.05) is 19.6 Å². The molecular formula is C18H25NO2. The van der Waals surface area contributed by atoms with Crippen molar-refractivity contribution in [1.82, 2.24) is 4.90 Å². The van der Waals surface area contributed by atoms with Gasteiger partial charge in [-0.2, -0.15) is 0 Å². The molecule has 1 saturated heterocycles. The van der Waals surface area contributed by atoms with E-state index in [1.165, 1.54) is 5.56 Å². The summed E-state index contributed by atoms with van der Waals surface area (Å²) in [6.07, 6.45) is 1.45. The number of rotatable bonds is 4. The van der Waals surface area contributed by atoms with Gasteiger partial charge in [0.15, 0.2) is 5.78 Å². The molecule has 3 nitrogen and oxygen atoms in total. The first-order valence-electron chi connectivity index (χ1n) is 7.78. The zero-order chi connectivity index (χ0) is 15.6. The summed E-state index contributed by atoms with van der Waals surface area (Å²) in [5.41, 5.74) is 4.15. The number of benzene rings is 1. The Balaban J connectivity index is 2.10. The summed E-state index contributed by atoms with van der Waals surface area (Å²) in [6, 6.07) is 4.13. The molecule has 0 amide bonds. The molecule has 0 radical (unpaired) electrons. The summed E-state index contributed by atoms with van der Waals surface area (Å²) >= 11 is 0. The molecule has 0 aliphatic carbocycles. The predicted molar refractivity (Wildman–Crippen MR) is 84.8 cm³/mol. The van der Waals surface area contributed by atoms with Gasteiger partial charge < -0.3 is 0 Å². The van der Waals surface area contributed by atoms with Crippen LogP contribution in [0, 0.1) is 26.7 Å². The quantitative estimate of drug-likeness (QED) is 0.799. The summed E-state index contributed by atoms with van der Waals surface area (Å²) in [5, 5.41) is 0. The van der Waals surface area contributed by atoms with Crippen molar-refractivity contribution in [2.24, 2.45) is 5.92 Å². The lowest BCUT2D eigenvalue weighted by Crippen LogP contribution is -2.43. The second-order valence-corrected chi connectivity index (χ2v) is 6.25. The van der Waals surface area contributed by atoms with Gasteiger partial charge in [-0.25, -0.2) is 0 Å². The number of carbonyl (C=O) groups excluding carboxylic acids is 2. The number of aryl methyl sites for hydroxylation is 3. The average Bonchev–Trinajstić information content (AvgIpc) is 2.39. The Morgan fingerprint density at radius 1 is 1.24 bits per heavy atom. The Labute approximate surface area is 127 Å². The van der Waals surface area contributed by atoms with Crippen LogP contribution >= 0.6 is 0 Å². The lowest BCUT2D eigenvalue weighted by molar-refractivity contribution is -0.126. The van der Waals surface area contributed by atoms with Crippen LogP contribution in [0.25, 0.3) is 0 Å². The maximum Gasteiger partial charge on any atom is 0.177 e. The van der Waals surface area contributed by atoms with Gasteiger partial charge in [-0.1, -0.05) is 24.6 Å². The van der Waals surface area contributed by atoms with Crippen LogP contribution in [0.3, 0.4) is 0 Å². The van der Waals surface area contributed by atoms with Crippen LogP contribution in [0.2, 0.25) is 0 Å². The molecule has 2 rings (SSSR count). The lowest BCUT2D eigenvalue weighted by Gasteiger charge is -2.30. The summed E-state index contributed by atoms with van der Waals surface area (Å²) in [6.45, 7) is 9.96. The average molecular weight is 287 g/mol. The van der Waals surface area contributed by atoms with Crippen molar-refractivity contribution in [3.05, 3.63) is 34.4 Å². The summed E-state index contributed by atoms with van der Waals surface area (Å²) < 4.78 is 0. The highest BCUT2D eigenvalue weighted by atomic mass is 16.1. The van der Waals surface area contributed by atoms with Crippen LogP contribution in [0.4, 0.5) is 0 Å². The monoisotopic (exact) mass is 287 g/mol. The van der Waals surface area contributed by atoms with Crippen molar-refractivity contribution in [3.8, 4) is 0 Å². The molecule has 21 heavy (non-hydrogen) atoms. The zero-order valence-electron chi connectivity index (χ0n) is 13.5. The summed E-state index contributed by atoms with van der Waals surface area (Å²) in [7, 11) is 0. The minimum Gasteiger partial charge on any atom is -0.299 e. The van der Waals surface area contributed by atoms with E-state index in [1.807, 2.05) is 20.8 Å². The van der Waals surface area contributed by atoms with Gasteiger partial charge in [0.25, 0.3) is 0 Å². The fraction of sp³-hybridized carbons (Fsp3) is 0.556. The molecule has 1 aliphatic heterocycles. The molecule has 1 unspecified atom stereocenters. The first kappa shape index (κ1) is 15.9. The van der Waals surface area contributed by atoms with Crippen LogP contribution in [0.15, 0.2) is 12.1 Å². The largest absolute Gasteiger partial charge is 0.299 e. The molecule has 0 spiro atoms. The Hall–Kier alpha value is -1.48. The second-order valence-electron chi connectivity index (χ2n) is 6.25. The van der Waals surface area contributed by atoms with E-state index < -0.39 is 0 Å². The van der Waals surface area contributed by atoms with E-state index in [1.54, 1.807) is 0 Å². The standard InChI is InChI=1S/C18H25NO2/c1-5-15-10-19(7-6-16(15)20)11-17(21)18-13(3)8-12(2)9-14(18)4/h8-9,15H,5-7,10-11H2,1-4H3. The SMILES string of the molecule is CCC1CN(CC(=O)c2c(C)cc(C)cc2C)CCC1=O. The van der Waals surface area contributed by atoms with Gasteiger partial charge in [0.1, 0.15) is 5.78 Å². The maximum atomic E-state index is 12.6. The maximum absolute atomic E-state index is 12.6. The Kier molecular flexibility index (Phi) is 4.94. The Bertz CT molecular complexity index is 539. The van der Waals surface area contributed by atoms with Crippen LogP contribution in [0.5, 0.6) is 0 Å². The van der Waals surface area contributed by atoms with Crippen LogP contribution < -0.4 is 0 Å². The number of ketones is 2. The minimum atomic E-state index is 0.103. The molecule has 0 bridgehead atoms. The van der Waals surface area contributed by atoms with Crippen LogP contribution in [-0.4, -0.2) is 36.1 Å². The van der Waals surface area contributed by atoms with Crippen molar-refractivity contribution in [3.63, 3.8) is 0 Å². The Morgan fingerprint density at radius 2 is 1.86 bits per heavy atom. The molecule has 1 fully saturated rings. The first-order chi connectivity index (χ1) is 9.92. The fourth-order valence-corrected chi connectivity index (χ4v) is 3.38. The zero-order valence-corrected chi connectivity index (χ0v) is 13.5. The van der Waals surface area contributed by atoms with Crippen LogP contribution in [0.1, 0.15) is 46.8 Å². The molecule has 114 valence electrons. The van der Waals surface area contributed by atoms with Gasteiger partial charge in [0, 0.05) is 31.0 Å². The molecule has 1 aliphatic rings. The van der Waals surface area contributed by atoms with E-state index in [4.69, 9.17) is 0 Å². The van der Waals surface area contributed by atoms with E-state index in [-0.39, 0.29) is 11.7 Å². The van der Waals surface area contributed by atoms with E-state index in [0.717, 1.165) is 29.7 Å². The van der Waals surface area contributed by atoms with Gasteiger partial charge in [-0.3, -0.25) is 14.5 Å². The summed E-state index contributed by atoms with van der Waals surface area (Å²) in [5.74, 6) is 0.629. The van der Waals surface area contributed by atoms with E-state index in [0.29, 0.717) is 25.3 Å². The molecule has 1 aromatic carbocycles. The molecule has 1 heterocycles. The van der Waals surface area contributed by atoms with E-state index in [9.17, 15) is 9.59 Å². The van der Waals surface area contributed by atoms with Crippen LogP contribution in [-0.2, 0) is 4.79 Å². The van der Waals surface area contributed by atoms with Gasteiger partial charge in [-0.05, 0) is 38.3 Å². The minimum absolute atomic E-state index is 0.103. The normalized spacial score (nSPS) is 19.8. The number of carbonyl (C=O) groups is 2.